The second-order valence-corrected chi connectivity index (χ2v) is 16.0. The Morgan fingerprint density at radius 1 is 0.691 bits per heavy atom. The average Bonchev–Trinajstić information content (AvgIpc) is 3.19. The molecule has 3 aromatic carbocycles. The average molecular weight is 751 g/mol. The minimum Gasteiger partial charge on any atom is -0.493 e. The monoisotopic (exact) mass is 750 g/mol. The number of aliphatic hydroxyl groups is 2. The molecule has 0 radical (unpaired) electrons. The van der Waals surface area contributed by atoms with E-state index in [1.165, 1.54) is 101 Å². The van der Waals surface area contributed by atoms with Crippen LogP contribution in [0.1, 0.15) is 120 Å². The second-order valence-electron chi connectivity index (χ2n) is 16.0. The van der Waals surface area contributed by atoms with Crippen LogP contribution in [0.3, 0.4) is 0 Å². The first kappa shape index (κ1) is 41.8. The maximum absolute atomic E-state index is 13.4. The predicted octanol–water partition coefficient (Wildman–Crippen LogP) is 9.54. The van der Waals surface area contributed by atoms with Crippen molar-refractivity contribution in [3.05, 3.63) is 95.6 Å². The zero-order chi connectivity index (χ0) is 39.2. The highest BCUT2D eigenvalue weighted by molar-refractivity contribution is 6.01. The molecular weight excluding hydrogens is 689 g/mol. The Balaban J connectivity index is 1.17. The van der Waals surface area contributed by atoms with Crippen molar-refractivity contribution in [1.82, 2.24) is 0 Å². The first-order chi connectivity index (χ1) is 26.5. The van der Waals surface area contributed by atoms with Crippen molar-refractivity contribution in [3.63, 3.8) is 0 Å². The Labute approximate surface area is 328 Å². The minimum absolute atomic E-state index is 0.153. The number of hydrogen-bond acceptors (Lipinski definition) is 8. The van der Waals surface area contributed by atoms with Gasteiger partial charge in [0.2, 0.25) is 11.6 Å². The molecule has 0 bridgehead atoms. The van der Waals surface area contributed by atoms with Crippen LogP contribution in [0, 0.1) is 23.7 Å². The topological polar surface area (TPSA) is 145 Å². The van der Waals surface area contributed by atoms with Crippen molar-refractivity contribution in [3.8, 4) is 11.5 Å². The highest BCUT2D eigenvalue weighted by atomic mass is 16.5. The maximum Gasteiger partial charge on any atom is 0.235 e. The number of ketones is 2. The second kappa shape index (κ2) is 20.5. The first-order valence-electron chi connectivity index (χ1n) is 20.5. The zero-order valence-electron chi connectivity index (χ0n) is 32.8. The molecule has 0 amide bonds. The third kappa shape index (κ3) is 12.6. The van der Waals surface area contributed by atoms with E-state index in [4.69, 9.17) is 20.9 Å². The zero-order valence-corrected chi connectivity index (χ0v) is 32.8. The maximum atomic E-state index is 13.4. The van der Waals surface area contributed by atoms with Crippen molar-refractivity contribution in [2.45, 2.75) is 109 Å². The number of benzene rings is 3. The van der Waals surface area contributed by atoms with Crippen LogP contribution in [0.5, 0.6) is 11.5 Å². The van der Waals surface area contributed by atoms with E-state index in [0.29, 0.717) is 36.3 Å². The summed E-state index contributed by atoms with van der Waals surface area (Å²) in [7, 11) is 0. The van der Waals surface area contributed by atoms with Crippen LogP contribution >= 0.6 is 0 Å². The van der Waals surface area contributed by atoms with Crippen molar-refractivity contribution in [2.75, 3.05) is 24.7 Å². The van der Waals surface area contributed by atoms with E-state index in [2.05, 4.69) is 13.8 Å². The summed E-state index contributed by atoms with van der Waals surface area (Å²) in [5.74, 6) is -1.27. The molecule has 2 aliphatic carbocycles. The van der Waals surface area contributed by atoms with Gasteiger partial charge < -0.3 is 31.2 Å². The fraction of sp³-hybridized carbons (Fsp3) is 0.489. The van der Waals surface area contributed by atoms with Gasteiger partial charge in [0.25, 0.3) is 0 Å². The summed E-state index contributed by atoms with van der Waals surface area (Å²) in [4.78, 5) is 26.7. The van der Waals surface area contributed by atoms with E-state index in [0.717, 1.165) is 35.0 Å². The van der Waals surface area contributed by atoms with Gasteiger partial charge in [-0.05, 0) is 115 Å². The summed E-state index contributed by atoms with van der Waals surface area (Å²) in [5.41, 5.74) is 14.4. The van der Waals surface area contributed by atoms with Gasteiger partial charge in [-0.1, -0.05) is 108 Å². The van der Waals surface area contributed by atoms with E-state index in [9.17, 15) is 19.8 Å². The molecule has 5 rings (SSSR count). The highest BCUT2D eigenvalue weighted by Crippen LogP contribution is 2.37. The third-order valence-corrected chi connectivity index (χ3v) is 11.7. The fourth-order valence-electron chi connectivity index (χ4n) is 8.27. The number of allylic oxidation sites excluding steroid dienone is 1. The van der Waals surface area contributed by atoms with Crippen molar-refractivity contribution >= 4 is 35.1 Å². The van der Waals surface area contributed by atoms with E-state index in [-0.39, 0.29) is 17.7 Å². The minimum atomic E-state index is -2.93. The molecule has 55 heavy (non-hydrogen) atoms. The SMILES string of the molecule is CCCC1CCC(COc2ccc(C=CC(=O)CC(c3ccc(N)cc3N)C(O)(O)C(=O)C=Cc3ccc(OCC4CCC(CCC)CC4)cc3)cc2)CC1. The number of ether oxygens (including phenoxy) is 2. The Hall–Kier alpha value is -4.40. The molecule has 2 aliphatic rings. The van der Waals surface area contributed by atoms with Gasteiger partial charge in [-0.3, -0.25) is 9.59 Å². The number of rotatable bonds is 19. The molecule has 6 N–H and O–H groups in total. The van der Waals surface area contributed by atoms with E-state index >= 15 is 0 Å². The lowest BCUT2D eigenvalue weighted by Gasteiger charge is -2.30. The largest absolute Gasteiger partial charge is 0.493 e. The van der Waals surface area contributed by atoms with Crippen LogP contribution in [0.25, 0.3) is 12.2 Å². The van der Waals surface area contributed by atoms with Crippen LogP contribution in [-0.4, -0.2) is 40.8 Å². The Bertz CT molecular complexity index is 1720. The molecule has 3 aromatic rings. The van der Waals surface area contributed by atoms with Gasteiger partial charge in [-0.2, -0.15) is 0 Å². The third-order valence-electron chi connectivity index (χ3n) is 11.7. The Kier molecular flexibility index (Phi) is 15.6. The molecule has 0 heterocycles. The quantitative estimate of drug-likeness (QED) is 0.0539. The fourth-order valence-corrected chi connectivity index (χ4v) is 8.27. The Morgan fingerprint density at radius 3 is 1.60 bits per heavy atom. The molecule has 0 saturated heterocycles. The smallest absolute Gasteiger partial charge is 0.235 e. The summed E-state index contributed by atoms with van der Waals surface area (Å²) in [6.07, 6.45) is 20.4. The normalized spacial score (nSPS) is 21.1. The summed E-state index contributed by atoms with van der Waals surface area (Å²) in [6, 6.07) is 19.4. The predicted molar refractivity (Wildman–Crippen MR) is 222 cm³/mol. The number of carbonyl (C=O) groups is 2. The van der Waals surface area contributed by atoms with Crippen LogP contribution in [0.2, 0.25) is 0 Å². The van der Waals surface area contributed by atoms with Crippen LogP contribution in [0.4, 0.5) is 11.4 Å². The number of nitrogens with two attached hydrogens (primary N) is 2. The van der Waals surface area contributed by atoms with Crippen LogP contribution in [-0.2, 0) is 9.59 Å². The van der Waals surface area contributed by atoms with Gasteiger partial charge >= 0.3 is 0 Å². The summed E-state index contributed by atoms with van der Waals surface area (Å²) < 4.78 is 12.2. The van der Waals surface area contributed by atoms with Gasteiger partial charge in [0.1, 0.15) is 11.5 Å². The number of anilines is 2. The molecule has 2 saturated carbocycles. The van der Waals surface area contributed by atoms with Crippen LogP contribution in [0.15, 0.2) is 78.9 Å². The van der Waals surface area contributed by atoms with E-state index in [1.807, 2.05) is 48.5 Å². The molecule has 2 fully saturated rings. The Morgan fingerprint density at radius 2 is 1.15 bits per heavy atom. The standard InChI is InChI=1S/C47H62N2O6/c1-3-5-33-7-11-37(12-8-33)31-54-41-23-16-35(17-24-41)15-22-40(50)30-44(43-27-21-39(48)29-45(43)49)47(52,53)46(51)28-20-36-18-25-42(26-19-36)55-32-38-13-9-34(6-4-2)10-14-38/h15-29,33-34,37-38,44,52-53H,3-14,30-32,48-49H2,1-2H3. The van der Waals surface area contributed by atoms with Gasteiger partial charge in [0, 0.05) is 17.8 Å². The van der Waals surface area contributed by atoms with Gasteiger partial charge in [-0.25, -0.2) is 0 Å². The molecule has 0 aromatic heterocycles. The molecule has 8 nitrogen and oxygen atoms in total. The molecule has 8 heteroatoms. The van der Waals surface area contributed by atoms with Gasteiger partial charge in [0.05, 0.1) is 19.1 Å². The van der Waals surface area contributed by atoms with Crippen molar-refractivity contribution in [1.29, 1.82) is 0 Å². The van der Waals surface area contributed by atoms with E-state index < -0.39 is 23.3 Å². The summed E-state index contributed by atoms with van der Waals surface area (Å²) in [6.45, 7) is 5.91. The first-order valence-corrected chi connectivity index (χ1v) is 20.5. The lowest BCUT2D eigenvalue weighted by atomic mass is 9.80. The lowest BCUT2D eigenvalue weighted by molar-refractivity contribution is -0.187. The van der Waals surface area contributed by atoms with Gasteiger partial charge in [0.15, 0.2) is 5.78 Å². The van der Waals surface area contributed by atoms with Crippen molar-refractivity contribution in [2.24, 2.45) is 23.7 Å². The molecular formula is C47H62N2O6. The number of nitrogen functional groups attached to an aromatic ring is 2. The van der Waals surface area contributed by atoms with E-state index in [1.54, 1.807) is 12.1 Å². The summed E-state index contributed by atoms with van der Waals surface area (Å²) >= 11 is 0. The van der Waals surface area contributed by atoms with Gasteiger partial charge in [-0.15, -0.1) is 0 Å². The molecule has 296 valence electrons. The molecule has 0 spiro atoms. The number of hydrogen-bond donors (Lipinski definition) is 4. The highest BCUT2D eigenvalue weighted by Gasteiger charge is 2.43. The lowest BCUT2D eigenvalue weighted by Crippen LogP contribution is -2.44. The van der Waals surface area contributed by atoms with Crippen LogP contribution < -0.4 is 20.9 Å². The van der Waals surface area contributed by atoms with Crippen molar-refractivity contribution < 1.29 is 29.3 Å². The molecule has 1 unspecified atom stereocenters. The number of carbonyl (C=O) groups excluding carboxylic acids is 2. The molecule has 1 atom stereocenters. The molecule has 0 aliphatic heterocycles. The summed E-state index contributed by atoms with van der Waals surface area (Å²) in [5, 5.41) is 22.7.